The van der Waals surface area contributed by atoms with Crippen LogP contribution in [0.2, 0.25) is 0 Å². The minimum Gasteiger partial charge on any atom is -0.466 e. The number of ether oxygens (including phenoxy) is 1. The van der Waals surface area contributed by atoms with E-state index in [9.17, 15) is 0 Å². The van der Waals surface area contributed by atoms with Gasteiger partial charge in [-0.3, -0.25) is 0 Å². The number of rotatable bonds is 1. The summed E-state index contributed by atoms with van der Waals surface area (Å²) in [5.74, 6) is 0. The maximum atomic E-state index is 5.21. The van der Waals surface area contributed by atoms with Crippen molar-refractivity contribution in [1.82, 2.24) is 5.32 Å². The van der Waals surface area contributed by atoms with Gasteiger partial charge in [0.25, 0.3) is 6.02 Å². The van der Waals surface area contributed by atoms with E-state index < -0.39 is 0 Å². The van der Waals surface area contributed by atoms with Crippen LogP contribution in [0.3, 0.4) is 0 Å². The molecule has 0 amide bonds. The van der Waals surface area contributed by atoms with E-state index in [1.165, 1.54) is 0 Å². The predicted octanol–water partition coefficient (Wildman–Crippen LogP) is 1.40. The molecule has 66 valence electrons. The van der Waals surface area contributed by atoms with Gasteiger partial charge in [0.15, 0.2) is 0 Å². The van der Waals surface area contributed by atoms with Crippen molar-refractivity contribution in [2.45, 2.75) is 33.2 Å². The van der Waals surface area contributed by atoms with E-state index >= 15 is 0 Å². The van der Waals surface area contributed by atoms with Crippen molar-refractivity contribution in [3.8, 4) is 0 Å². The topological polar surface area (TPSA) is 33.6 Å². The van der Waals surface area contributed by atoms with Crippen LogP contribution in [0.4, 0.5) is 0 Å². The molecule has 0 heterocycles. The summed E-state index contributed by atoms with van der Waals surface area (Å²) in [4.78, 5) is 3.95. The summed E-state index contributed by atoms with van der Waals surface area (Å²) in [5.41, 5.74) is 0.0179. The molecule has 1 N–H and O–H groups in total. The third-order valence-corrected chi connectivity index (χ3v) is 0.966. The highest BCUT2D eigenvalue weighted by molar-refractivity contribution is 5.74. The summed E-state index contributed by atoms with van der Waals surface area (Å²) in [6, 6.07) is 0.611. The van der Waals surface area contributed by atoms with Gasteiger partial charge < -0.3 is 10.1 Å². The summed E-state index contributed by atoms with van der Waals surface area (Å²) >= 11 is 0. The molecule has 0 unspecified atom stereocenters. The van der Waals surface area contributed by atoms with Crippen LogP contribution in [0.25, 0.3) is 0 Å². The monoisotopic (exact) mass is 158 g/mol. The minimum absolute atomic E-state index is 0.0179. The lowest BCUT2D eigenvalue weighted by molar-refractivity contribution is 0.293. The van der Waals surface area contributed by atoms with Crippen molar-refractivity contribution in [3.05, 3.63) is 0 Å². The van der Waals surface area contributed by atoms with Crippen molar-refractivity contribution >= 4 is 6.02 Å². The van der Waals surface area contributed by atoms with Crippen molar-refractivity contribution < 1.29 is 4.74 Å². The Kier molecular flexibility index (Phi) is 3.93. The molecule has 3 heteroatoms. The Labute approximate surface area is 68.9 Å². The Bertz CT molecular complexity index is 136. The van der Waals surface area contributed by atoms with Crippen LogP contribution in [0.1, 0.15) is 27.7 Å². The molecule has 0 saturated carbocycles. The number of amidine groups is 1. The van der Waals surface area contributed by atoms with Gasteiger partial charge in [-0.2, -0.15) is 0 Å². The Morgan fingerprint density at radius 3 is 2.27 bits per heavy atom. The lowest BCUT2D eigenvalue weighted by Gasteiger charge is -2.22. The molecule has 0 aliphatic rings. The number of nitrogens with zero attached hydrogens (tertiary/aromatic N) is 1. The van der Waals surface area contributed by atoms with E-state index in [1.807, 2.05) is 6.92 Å². The van der Waals surface area contributed by atoms with Gasteiger partial charge in [-0.15, -0.1) is 0 Å². The maximum Gasteiger partial charge on any atom is 0.284 e. The van der Waals surface area contributed by atoms with E-state index in [0.717, 1.165) is 0 Å². The van der Waals surface area contributed by atoms with Gasteiger partial charge in [0.1, 0.15) is 0 Å². The van der Waals surface area contributed by atoms with E-state index in [0.29, 0.717) is 12.6 Å². The van der Waals surface area contributed by atoms with E-state index in [1.54, 1.807) is 7.05 Å². The molecule has 0 aliphatic heterocycles. The molecular weight excluding hydrogens is 140 g/mol. The maximum absolute atomic E-state index is 5.21. The zero-order valence-corrected chi connectivity index (χ0v) is 8.06. The van der Waals surface area contributed by atoms with Gasteiger partial charge in [0.05, 0.1) is 6.61 Å². The first-order valence-corrected chi connectivity index (χ1v) is 3.87. The van der Waals surface area contributed by atoms with Gasteiger partial charge in [0, 0.05) is 12.6 Å². The molecule has 0 saturated heterocycles. The second-order valence-electron chi connectivity index (χ2n) is 3.34. The first-order valence-electron chi connectivity index (χ1n) is 3.87. The molecule has 0 rings (SSSR count). The normalized spacial score (nSPS) is 13.0. The van der Waals surface area contributed by atoms with Crippen LogP contribution >= 0.6 is 0 Å². The largest absolute Gasteiger partial charge is 0.466 e. The summed E-state index contributed by atoms with van der Waals surface area (Å²) in [6.07, 6.45) is 0. The van der Waals surface area contributed by atoms with Gasteiger partial charge in [-0.1, -0.05) is 0 Å². The molecule has 0 fully saturated rings. The molecule has 0 bridgehead atoms. The molecule has 0 atom stereocenters. The summed E-state index contributed by atoms with van der Waals surface area (Å²) in [7, 11) is 1.71. The highest BCUT2D eigenvalue weighted by Gasteiger charge is 2.11. The fraction of sp³-hybridized carbons (Fsp3) is 0.875. The molecule has 0 aromatic rings. The van der Waals surface area contributed by atoms with Crippen LogP contribution in [0, 0.1) is 0 Å². The first-order chi connectivity index (χ1) is 4.99. The second-order valence-corrected chi connectivity index (χ2v) is 3.34. The number of aliphatic imine (C=N–C) groups is 1. The fourth-order valence-electron chi connectivity index (χ4n) is 0.614. The number of nitrogens with one attached hydrogen (secondary N) is 1. The summed E-state index contributed by atoms with van der Waals surface area (Å²) < 4.78 is 5.21. The zero-order chi connectivity index (χ0) is 8.91. The predicted molar refractivity (Wildman–Crippen MR) is 47.9 cm³/mol. The highest BCUT2D eigenvalue weighted by atomic mass is 16.5. The van der Waals surface area contributed by atoms with Crippen molar-refractivity contribution in [1.29, 1.82) is 0 Å². The van der Waals surface area contributed by atoms with Crippen LogP contribution in [0.15, 0.2) is 4.99 Å². The minimum atomic E-state index is 0.0179. The van der Waals surface area contributed by atoms with Crippen molar-refractivity contribution in [2.24, 2.45) is 4.99 Å². The molecule has 3 nitrogen and oxygen atoms in total. The van der Waals surface area contributed by atoms with Gasteiger partial charge >= 0.3 is 0 Å². The van der Waals surface area contributed by atoms with Gasteiger partial charge in [-0.05, 0) is 27.7 Å². The molecule has 11 heavy (non-hydrogen) atoms. The van der Waals surface area contributed by atoms with Crippen LogP contribution in [-0.2, 0) is 4.74 Å². The average molecular weight is 158 g/mol. The molecule has 0 aromatic carbocycles. The summed E-state index contributed by atoms with van der Waals surface area (Å²) in [6.45, 7) is 8.79. The first kappa shape index (κ1) is 10.3. The van der Waals surface area contributed by atoms with Gasteiger partial charge in [0.2, 0.25) is 0 Å². The standard InChI is InChI=1S/C8H18N2O/c1-6-11-7(9-5)10-8(2,3)4/h6H2,1-5H3,(H,9,10). The lowest BCUT2D eigenvalue weighted by atomic mass is 10.1. The van der Waals surface area contributed by atoms with Crippen LogP contribution < -0.4 is 5.32 Å². The Balaban J connectivity index is 3.90. The van der Waals surface area contributed by atoms with E-state index in [4.69, 9.17) is 4.74 Å². The lowest BCUT2D eigenvalue weighted by Crippen LogP contribution is -2.41. The van der Waals surface area contributed by atoms with Crippen molar-refractivity contribution in [2.75, 3.05) is 13.7 Å². The second kappa shape index (κ2) is 4.21. The quantitative estimate of drug-likeness (QED) is 0.462. The van der Waals surface area contributed by atoms with Gasteiger partial charge in [-0.25, -0.2) is 4.99 Å². The third-order valence-electron chi connectivity index (χ3n) is 0.966. The molecule has 0 radical (unpaired) electrons. The Hall–Kier alpha value is -0.730. The molecule has 0 aliphatic carbocycles. The Morgan fingerprint density at radius 1 is 1.45 bits per heavy atom. The van der Waals surface area contributed by atoms with E-state index in [2.05, 4.69) is 31.1 Å². The third kappa shape index (κ3) is 5.70. The highest BCUT2D eigenvalue weighted by Crippen LogP contribution is 1.98. The van der Waals surface area contributed by atoms with E-state index in [-0.39, 0.29) is 5.54 Å². The van der Waals surface area contributed by atoms with Crippen LogP contribution in [-0.4, -0.2) is 25.2 Å². The number of hydrogen-bond donors (Lipinski definition) is 1. The molecule has 0 spiro atoms. The average Bonchev–Trinajstić information content (AvgIpc) is 1.84. The summed E-state index contributed by atoms with van der Waals surface area (Å²) in [5, 5.41) is 3.13. The van der Waals surface area contributed by atoms with Crippen molar-refractivity contribution in [3.63, 3.8) is 0 Å². The fourth-order valence-corrected chi connectivity index (χ4v) is 0.614. The van der Waals surface area contributed by atoms with Crippen LogP contribution in [0.5, 0.6) is 0 Å². The Morgan fingerprint density at radius 2 is 2.00 bits per heavy atom. The molecule has 0 aromatic heterocycles. The number of hydrogen-bond acceptors (Lipinski definition) is 2. The SMILES string of the molecule is CCOC(=NC)NC(C)(C)C. The zero-order valence-electron chi connectivity index (χ0n) is 8.06. The smallest absolute Gasteiger partial charge is 0.284 e. The molecular formula is C8H18N2O.